The van der Waals surface area contributed by atoms with Crippen LogP contribution >= 0.6 is 0 Å². The molecule has 1 unspecified atom stereocenters. The van der Waals surface area contributed by atoms with Crippen LogP contribution in [0.5, 0.6) is 0 Å². The van der Waals surface area contributed by atoms with Crippen LogP contribution in [0.4, 0.5) is 11.4 Å². The normalized spacial score (nSPS) is 12.6. The van der Waals surface area contributed by atoms with Crippen LogP contribution < -0.4 is 10.0 Å². The third kappa shape index (κ3) is 4.78. The number of esters is 1. The molecule has 2 N–H and O–H groups in total. The van der Waals surface area contributed by atoms with Crippen molar-refractivity contribution in [2.45, 2.75) is 19.9 Å². The van der Waals surface area contributed by atoms with Crippen LogP contribution in [0.1, 0.15) is 13.8 Å². The molecule has 0 heterocycles. The average Bonchev–Trinajstić information content (AvgIpc) is 2.39. The fraction of sp³-hybridized carbons (Fsp3) is 0.417. The Morgan fingerprint density at radius 3 is 2.26 bits per heavy atom. The summed E-state index contributed by atoms with van der Waals surface area (Å²) in [7, 11) is -1.95. The summed E-state index contributed by atoms with van der Waals surface area (Å²) >= 11 is 0. The number of nitrogens with one attached hydrogen (secondary N) is 2. The molecule has 0 aliphatic rings. The van der Waals surface area contributed by atoms with Crippen molar-refractivity contribution in [2.24, 2.45) is 0 Å². The van der Waals surface area contributed by atoms with Crippen LogP contribution in [0.3, 0.4) is 0 Å². The van der Waals surface area contributed by atoms with Gasteiger partial charge in [-0.2, -0.15) is 0 Å². The number of carbonyl (C=O) groups excluding carboxylic acids is 1. The van der Waals surface area contributed by atoms with E-state index < -0.39 is 16.1 Å². The molecule has 7 heteroatoms. The molecule has 0 amide bonds. The molecule has 0 saturated carbocycles. The summed E-state index contributed by atoms with van der Waals surface area (Å²) < 4.78 is 29.8. The van der Waals surface area contributed by atoms with E-state index >= 15 is 0 Å². The van der Waals surface area contributed by atoms with Gasteiger partial charge in [-0.05, 0) is 38.1 Å². The number of hydrogen-bond donors (Lipinski definition) is 2. The number of carbonyl (C=O) groups is 1. The van der Waals surface area contributed by atoms with Crippen molar-refractivity contribution in [3.8, 4) is 0 Å². The molecule has 1 rings (SSSR count). The first-order valence-electron chi connectivity index (χ1n) is 5.83. The molecular formula is C12H18N2O4S. The minimum atomic E-state index is -3.27. The first-order valence-corrected chi connectivity index (χ1v) is 7.48. The van der Waals surface area contributed by atoms with E-state index in [1.807, 2.05) is 0 Å². The van der Waals surface area contributed by atoms with Crippen molar-refractivity contribution < 1.29 is 17.9 Å². The van der Waals surface area contributed by atoms with Gasteiger partial charge in [0.1, 0.15) is 6.04 Å². The summed E-state index contributed by atoms with van der Waals surface area (Å²) in [5.74, 6) is -0.345. The van der Waals surface area contributed by atoms with Gasteiger partial charge in [0.25, 0.3) is 0 Å². The Balaban J connectivity index is 2.69. The van der Waals surface area contributed by atoms with E-state index in [4.69, 9.17) is 0 Å². The molecule has 0 saturated heterocycles. The van der Waals surface area contributed by atoms with Crippen LogP contribution in [0, 0.1) is 0 Å². The highest BCUT2D eigenvalue weighted by atomic mass is 32.2. The zero-order valence-corrected chi connectivity index (χ0v) is 12.0. The van der Waals surface area contributed by atoms with Crippen molar-refractivity contribution in [1.82, 2.24) is 0 Å². The van der Waals surface area contributed by atoms with Crippen LogP contribution in [0.2, 0.25) is 0 Å². The number of methoxy groups -OCH3 is 1. The minimum Gasteiger partial charge on any atom is -0.467 e. The third-order valence-corrected chi connectivity index (χ3v) is 3.78. The summed E-state index contributed by atoms with van der Waals surface area (Å²) in [4.78, 5) is 11.2. The molecule has 1 aromatic carbocycles. The van der Waals surface area contributed by atoms with Crippen LogP contribution in [0.15, 0.2) is 24.3 Å². The molecule has 106 valence electrons. The van der Waals surface area contributed by atoms with Crippen molar-refractivity contribution in [2.75, 3.05) is 22.9 Å². The Bertz CT molecular complexity index is 525. The Morgan fingerprint density at radius 2 is 1.79 bits per heavy atom. The zero-order chi connectivity index (χ0) is 14.5. The van der Waals surface area contributed by atoms with Crippen LogP contribution in [-0.4, -0.2) is 33.3 Å². The van der Waals surface area contributed by atoms with Gasteiger partial charge in [0.05, 0.1) is 12.9 Å². The number of anilines is 2. The largest absolute Gasteiger partial charge is 0.467 e. The summed E-state index contributed by atoms with van der Waals surface area (Å²) in [5.41, 5.74) is 1.19. The second-order valence-corrected chi connectivity index (χ2v) is 5.98. The van der Waals surface area contributed by atoms with Gasteiger partial charge in [0, 0.05) is 11.4 Å². The number of rotatable bonds is 6. The summed E-state index contributed by atoms with van der Waals surface area (Å²) in [5, 5.41) is 2.94. The monoisotopic (exact) mass is 286 g/mol. The maximum Gasteiger partial charge on any atom is 0.327 e. The van der Waals surface area contributed by atoms with Crippen molar-refractivity contribution in [3.63, 3.8) is 0 Å². The first kappa shape index (κ1) is 15.3. The molecule has 0 fully saturated rings. The Hall–Kier alpha value is -1.76. The standard InChI is InChI=1S/C12H18N2O4S/c1-4-19(16,17)14-11-7-5-10(6-8-11)13-9(2)12(15)18-3/h5-9,13-14H,4H2,1-3H3. The van der Waals surface area contributed by atoms with Gasteiger partial charge in [-0.25, -0.2) is 13.2 Å². The smallest absolute Gasteiger partial charge is 0.327 e. The molecule has 6 nitrogen and oxygen atoms in total. The van der Waals surface area contributed by atoms with E-state index in [1.165, 1.54) is 7.11 Å². The van der Waals surface area contributed by atoms with Crippen molar-refractivity contribution >= 4 is 27.4 Å². The lowest BCUT2D eigenvalue weighted by Gasteiger charge is -2.13. The topological polar surface area (TPSA) is 84.5 Å². The number of hydrogen-bond acceptors (Lipinski definition) is 5. The second-order valence-electron chi connectivity index (χ2n) is 3.97. The molecule has 0 radical (unpaired) electrons. The molecule has 0 bridgehead atoms. The number of ether oxygens (including phenoxy) is 1. The summed E-state index contributed by atoms with van der Waals surface area (Å²) in [6.07, 6.45) is 0. The highest BCUT2D eigenvalue weighted by Gasteiger charge is 2.12. The van der Waals surface area contributed by atoms with Gasteiger partial charge < -0.3 is 10.1 Å². The molecule has 0 aliphatic heterocycles. The van der Waals surface area contributed by atoms with Gasteiger partial charge in [-0.3, -0.25) is 4.72 Å². The molecular weight excluding hydrogens is 268 g/mol. The van der Waals surface area contributed by atoms with E-state index in [2.05, 4.69) is 14.8 Å². The fourth-order valence-electron chi connectivity index (χ4n) is 1.37. The van der Waals surface area contributed by atoms with Gasteiger partial charge in [0.2, 0.25) is 10.0 Å². The number of sulfonamides is 1. The second kappa shape index (κ2) is 6.42. The van der Waals surface area contributed by atoms with Crippen LogP contribution in [0.25, 0.3) is 0 Å². The van der Waals surface area contributed by atoms with Crippen molar-refractivity contribution in [1.29, 1.82) is 0 Å². The number of benzene rings is 1. The van der Waals surface area contributed by atoms with Gasteiger partial charge in [-0.1, -0.05) is 0 Å². The van der Waals surface area contributed by atoms with E-state index in [1.54, 1.807) is 38.1 Å². The third-order valence-electron chi connectivity index (χ3n) is 2.48. The average molecular weight is 286 g/mol. The first-order chi connectivity index (χ1) is 8.88. The quantitative estimate of drug-likeness (QED) is 0.773. The molecule has 1 aromatic rings. The lowest BCUT2D eigenvalue weighted by Crippen LogP contribution is -2.27. The summed E-state index contributed by atoms with van der Waals surface area (Å²) in [6.45, 7) is 3.25. The molecule has 1 atom stereocenters. The lowest BCUT2D eigenvalue weighted by atomic mass is 10.2. The Kier molecular flexibility index (Phi) is 5.17. The predicted octanol–water partition coefficient (Wildman–Crippen LogP) is 1.42. The zero-order valence-electron chi connectivity index (χ0n) is 11.1. The SMILES string of the molecule is CCS(=O)(=O)Nc1ccc(NC(C)C(=O)OC)cc1. The van der Waals surface area contributed by atoms with Gasteiger partial charge in [-0.15, -0.1) is 0 Å². The van der Waals surface area contributed by atoms with E-state index in [9.17, 15) is 13.2 Å². The predicted molar refractivity (Wildman–Crippen MR) is 74.6 cm³/mol. The van der Waals surface area contributed by atoms with E-state index in [-0.39, 0.29) is 11.7 Å². The molecule has 0 spiro atoms. The molecule has 0 aliphatic carbocycles. The summed E-state index contributed by atoms with van der Waals surface area (Å²) in [6, 6.07) is 6.15. The fourth-order valence-corrected chi connectivity index (χ4v) is 2.01. The lowest BCUT2D eigenvalue weighted by molar-refractivity contribution is -0.141. The Labute approximate surface area is 113 Å². The van der Waals surface area contributed by atoms with E-state index in [0.717, 1.165) is 0 Å². The van der Waals surface area contributed by atoms with E-state index in [0.29, 0.717) is 11.4 Å². The maximum atomic E-state index is 11.4. The van der Waals surface area contributed by atoms with Gasteiger partial charge in [0.15, 0.2) is 0 Å². The van der Waals surface area contributed by atoms with Crippen molar-refractivity contribution in [3.05, 3.63) is 24.3 Å². The van der Waals surface area contributed by atoms with Gasteiger partial charge >= 0.3 is 5.97 Å². The van der Waals surface area contributed by atoms with Crippen LogP contribution in [-0.2, 0) is 19.6 Å². The maximum absolute atomic E-state index is 11.4. The highest BCUT2D eigenvalue weighted by Crippen LogP contribution is 2.15. The highest BCUT2D eigenvalue weighted by molar-refractivity contribution is 7.92. The Morgan fingerprint density at radius 1 is 1.26 bits per heavy atom. The molecule has 19 heavy (non-hydrogen) atoms. The minimum absolute atomic E-state index is 0.0202. The molecule has 0 aromatic heterocycles.